The number of hydrogen-bond donors (Lipinski definition) is 1. The first-order chi connectivity index (χ1) is 14.2. The van der Waals surface area contributed by atoms with Crippen molar-refractivity contribution >= 4 is 23.4 Å². The second-order valence-corrected chi connectivity index (χ2v) is 6.96. The van der Waals surface area contributed by atoms with Gasteiger partial charge in [-0.05, 0) is 53.4 Å². The van der Waals surface area contributed by atoms with Crippen LogP contribution in [0.5, 0.6) is 0 Å². The molecule has 0 saturated heterocycles. The molecular formula is C20H19N7OS. The smallest absolute Gasteiger partial charge is 0.259 e. The van der Waals surface area contributed by atoms with Crippen molar-refractivity contribution in [2.75, 3.05) is 11.6 Å². The number of anilines is 1. The second-order valence-electron chi connectivity index (χ2n) is 6.19. The predicted molar refractivity (Wildman–Crippen MR) is 112 cm³/mol. The van der Waals surface area contributed by atoms with E-state index in [4.69, 9.17) is 0 Å². The molecule has 0 saturated carbocycles. The molecule has 8 nitrogen and oxygen atoms in total. The predicted octanol–water partition coefficient (Wildman–Crippen LogP) is 3.38. The molecule has 0 unspecified atom stereocenters. The lowest BCUT2D eigenvalue weighted by molar-refractivity contribution is 0.102. The Bertz CT molecular complexity index is 1140. The lowest BCUT2D eigenvalue weighted by atomic mass is 10.1. The van der Waals surface area contributed by atoms with Crippen LogP contribution in [0.2, 0.25) is 0 Å². The molecule has 2 heterocycles. The molecule has 0 atom stereocenters. The van der Waals surface area contributed by atoms with Crippen LogP contribution in [0.25, 0.3) is 11.4 Å². The zero-order valence-electron chi connectivity index (χ0n) is 16.0. The lowest BCUT2D eigenvalue weighted by Crippen LogP contribution is -2.14. The van der Waals surface area contributed by atoms with Crippen LogP contribution in [0.1, 0.15) is 23.0 Å². The fourth-order valence-corrected chi connectivity index (χ4v) is 3.51. The van der Waals surface area contributed by atoms with Gasteiger partial charge in [0.05, 0.1) is 28.8 Å². The molecule has 0 aliphatic heterocycles. The monoisotopic (exact) mass is 405 g/mol. The Morgan fingerprint density at radius 3 is 2.62 bits per heavy atom. The van der Waals surface area contributed by atoms with Crippen LogP contribution < -0.4 is 5.32 Å². The summed E-state index contributed by atoms with van der Waals surface area (Å²) in [6, 6.07) is 17.2. The van der Waals surface area contributed by atoms with E-state index in [1.807, 2.05) is 67.8 Å². The third kappa shape index (κ3) is 3.77. The van der Waals surface area contributed by atoms with Gasteiger partial charge in [-0.25, -0.2) is 4.68 Å². The molecule has 0 bridgehead atoms. The average molecular weight is 405 g/mol. The van der Waals surface area contributed by atoms with Gasteiger partial charge in [0.15, 0.2) is 0 Å². The molecule has 9 heteroatoms. The number of tetrazole rings is 1. The molecular weight excluding hydrogens is 386 g/mol. The average Bonchev–Trinajstić information content (AvgIpc) is 3.41. The van der Waals surface area contributed by atoms with Crippen LogP contribution in [-0.2, 0) is 6.42 Å². The molecule has 2 aromatic heterocycles. The number of carbonyl (C=O) groups excluding carboxylic acids is 1. The van der Waals surface area contributed by atoms with E-state index in [0.717, 1.165) is 17.1 Å². The Morgan fingerprint density at radius 2 is 1.86 bits per heavy atom. The zero-order chi connectivity index (χ0) is 20.2. The first-order valence-corrected chi connectivity index (χ1v) is 10.3. The second kappa shape index (κ2) is 8.27. The van der Waals surface area contributed by atoms with Crippen LogP contribution in [0.3, 0.4) is 0 Å². The van der Waals surface area contributed by atoms with Gasteiger partial charge in [-0.1, -0.05) is 43.0 Å². The van der Waals surface area contributed by atoms with Crippen molar-refractivity contribution in [3.8, 4) is 11.4 Å². The van der Waals surface area contributed by atoms with Crippen molar-refractivity contribution < 1.29 is 4.79 Å². The Kier molecular flexibility index (Phi) is 5.39. The standard InChI is InChI=1S/C20H19N7OS/c1-3-18-17(13-21-26(18)15-9-5-4-6-10-15)19(28)22-14-8-7-11-16(12-14)27-20(29-2)23-24-25-27/h4-13H,3H2,1-2H3,(H,22,28). The lowest BCUT2D eigenvalue weighted by Gasteiger charge is -2.10. The number of para-hydroxylation sites is 1. The van der Waals surface area contributed by atoms with E-state index >= 15 is 0 Å². The summed E-state index contributed by atoms with van der Waals surface area (Å²) in [4.78, 5) is 12.9. The SMILES string of the molecule is CCc1c(C(=O)Nc2cccc(-n3nnnc3SC)c2)cnn1-c1ccccc1. The van der Waals surface area contributed by atoms with E-state index in [-0.39, 0.29) is 5.91 Å². The third-order valence-corrected chi connectivity index (χ3v) is 5.04. The number of aromatic nitrogens is 6. The maximum absolute atomic E-state index is 12.9. The van der Waals surface area contributed by atoms with E-state index in [1.165, 1.54) is 11.8 Å². The summed E-state index contributed by atoms with van der Waals surface area (Å²) in [5.41, 5.74) is 3.76. The molecule has 146 valence electrons. The van der Waals surface area contributed by atoms with E-state index in [0.29, 0.717) is 22.8 Å². The summed E-state index contributed by atoms with van der Waals surface area (Å²) in [5.74, 6) is -0.206. The maximum atomic E-state index is 12.9. The van der Waals surface area contributed by atoms with E-state index in [1.54, 1.807) is 15.6 Å². The van der Waals surface area contributed by atoms with Crippen molar-refractivity contribution in [3.63, 3.8) is 0 Å². The highest BCUT2D eigenvalue weighted by Gasteiger charge is 2.17. The zero-order valence-corrected chi connectivity index (χ0v) is 16.8. The van der Waals surface area contributed by atoms with E-state index in [2.05, 4.69) is 25.9 Å². The minimum absolute atomic E-state index is 0.206. The van der Waals surface area contributed by atoms with Crippen LogP contribution in [0.15, 0.2) is 66.0 Å². The van der Waals surface area contributed by atoms with Crippen LogP contribution in [0, 0.1) is 0 Å². The van der Waals surface area contributed by atoms with Gasteiger partial charge in [-0.15, -0.1) is 5.10 Å². The number of carbonyl (C=O) groups is 1. The van der Waals surface area contributed by atoms with Crippen molar-refractivity contribution in [2.24, 2.45) is 0 Å². The fourth-order valence-electron chi connectivity index (χ4n) is 3.08. The minimum atomic E-state index is -0.206. The fraction of sp³-hybridized carbons (Fsp3) is 0.150. The molecule has 4 aromatic rings. The summed E-state index contributed by atoms with van der Waals surface area (Å²) in [6.45, 7) is 2.01. The summed E-state index contributed by atoms with van der Waals surface area (Å²) < 4.78 is 3.43. The van der Waals surface area contributed by atoms with Gasteiger partial charge >= 0.3 is 0 Å². The molecule has 0 fully saturated rings. The van der Waals surface area contributed by atoms with Crippen LogP contribution in [-0.4, -0.2) is 42.2 Å². The summed E-state index contributed by atoms with van der Waals surface area (Å²) >= 11 is 1.45. The third-order valence-electron chi connectivity index (χ3n) is 4.42. The first kappa shape index (κ1) is 18.9. The number of hydrogen-bond acceptors (Lipinski definition) is 6. The molecule has 0 radical (unpaired) electrons. The van der Waals surface area contributed by atoms with Gasteiger partial charge in [-0.2, -0.15) is 9.78 Å². The molecule has 1 N–H and O–H groups in total. The van der Waals surface area contributed by atoms with E-state index in [9.17, 15) is 4.79 Å². The normalized spacial score (nSPS) is 10.8. The van der Waals surface area contributed by atoms with Gasteiger partial charge in [0.1, 0.15) is 0 Å². The molecule has 2 aromatic carbocycles. The maximum Gasteiger partial charge on any atom is 0.259 e. The van der Waals surface area contributed by atoms with Crippen molar-refractivity contribution in [1.29, 1.82) is 0 Å². The van der Waals surface area contributed by atoms with Crippen molar-refractivity contribution in [3.05, 3.63) is 72.1 Å². The summed E-state index contributed by atoms with van der Waals surface area (Å²) in [5, 5.41) is 19.7. The molecule has 4 rings (SSSR count). The molecule has 29 heavy (non-hydrogen) atoms. The van der Waals surface area contributed by atoms with Crippen molar-refractivity contribution in [1.82, 2.24) is 30.0 Å². The Hall–Kier alpha value is -3.46. The topological polar surface area (TPSA) is 90.5 Å². The molecule has 0 aliphatic carbocycles. The van der Waals surface area contributed by atoms with Crippen LogP contribution >= 0.6 is 11.8 Å². The first-order valence-electron chi connectivity index (χ1n) is 9.07. The van der Waals surface area contributed by atoms with Gasteiger partial charge in [0.2, 0.25) is 5.16 Å². The van der Waals surface area contributed by atoms with Crippen LogP contribution in [0.4, 0.5) is 5.69 Å². The number of nitrogens with one attached hydrogen (secondary N) is 1. The molecule has 1 amide bonds. The number of rotatable bonds is 6. The van der Waals surface area contributed by atoms with E-state index < -0.39 is 0 Å². The Balaban J connectivity index is 1.61. The van der Waals surface area contributed by atoms with Gasteiger partial charge in [-0.3, -0.25) is 4.79 Å². The van der Waals surface area contributed by atoms with Crippen molar-refractivity contribution in [2.45, 2.75) is 18.5 Å². The highest BCUT2D eigenvalue weighted by atomic mass is 32.2. The number of thioether (sulfide) groups is 1. The Morgan fingerprint density at radius 1 is 1.07 bits per heavy atom. The largest absolute Gasteiger partial charge is 0.322 e. The number of nitrogens with zero attached hydrogens (tertiary/aromatic N) is 6. The highest BCUT2D eigenvalue weighted by molar-refractivity contribution is 7.98. The van der Waals surface area contributed by atoms with Gasteiger partial charge < -0.3 is 5.32 Å². The summed E-state index contributed by atoms with van der Waals surface area (Å²) in [6.07, 6.45) is 4.20. The molecule has 0 spiro atoms. The number of benzene rings is 2. The van der Waals surface area contributed by atoms with Gasteiger partial charge in [0.25, 0.3) is 5.91 Å². The Labute approximate surface area is 171 Å². The quantitative estimate of drug-likeness (QED) is 0.495. The summed E-state index contributed by atoms with van der Waals surface area (Å²) in [7, 11) is 0. The molecule has 0 aliphatic rings. The van der Waals surface area contributed by atoms with Gasteiger partial charge in [0, 0.05) is 5.69 Å². The highest BCUT2D eigenvalue weighted by Crippen LogP contribution is 2.21. The minimum Gasteiger partial charge on any atom is -0.322 e. The number of amides is 1.